The van der Waals surface area contributed by atoms with Gasteiger partial charge in [0.25, 0.3) is 0 Å². The van der Waals surface area contributed by atoms with E-state index in [1.807, 2.05) is 4.57 Å². The van der Waals surface area contributed by atoms with Crippen LogP contribution in [0.1, 0.15) is 13.3 Å². The topological polar surface area (TPSA) is 131 Å². The number of hydrogen-bond acceptors (Lipinski definition) is 9. The van der Waals surface area contributed by atoms with E-state index in [1.54, 1.807) is 12.5 Å². The quantitative estimate of drug-likeness (QED) is 0.727. The second kappa shape index (κ2) is 8.09. The zero-order chi connectivity index (χ0) is 17.5. The predicted octanol–water partition coefficient (Wildman–Crippen LogP) is 0.761. The summed E-state index contributed by atoms with van der Waals surface area (Å²) < 4.78 is 16.2. The molecule has 0 aliphatic carbocycles. The van der Waals surface area contributed by atoms with Crippen LogP contribution < -0.4 is 5.73 Å². The third-order valence-corrected chi connectivity index (χ3v) is 3.28. The van der Waals surface area contributed by atoms with Gasteiger partial charge in [-0.2, -0.15) is 4.98 Å². The number of aryl methyl sites for hydroxylation is 1. The third kappa shape index (κ3) is 4.80. The van der Waals surface area contributed by atoms with Crippen LogP contribution in [0, 0.1) is 5.92 Å². The van der Waals surface area contributed by atoms with E-state index in [2.05, 4.69) is 19.7 Å². The van der Waals surface area contributed by atoms with Crippen molar-refractivity contribution in [3.8, 4) is 0 Å². The zero-order valence-electron chi connectivity index (χ0n) is 13.5. The van der Waals surface area contributed by atoms with E-state index < -0.39 is 12.1 Å². The smallest absolute Gasteiger partial charge is 0.465 e. The number of anilines is 1. The number of carbonyl (C=O) groups excluding carboxylic acids is 2. The summed E-state index contributed by atoms with van der Waals surface area (Å²) in [5, 5.41) is 0. The number of nitrogens with zero attached hydrogens (tertiary/aromatic N) is 4. The summed E-state index contributed by atoms with van der Waals surface area (Å²) in [5.41, 5.74) is 6.84. The summed E-state index contributed by atoms with van der Waals surface area (Å²) >= 11 is 0. The van der Waals surface area contributed by atoms with Gasteiger partial charge in [-0.3, -0.25) is 4.79 Å². The first-order chi connectivity index (χ1) is 11.5. The van der Waals surface area contributed by atoms with Crippen LogP contribution >= 0.6 is 0 Å². The lowest BCUT2D eigenvalue weighted by atomic mass is 10.1. The van der Waals surface area contributed by atoms with Crippen LogP contribution in [-0.4, -0.2) is 52.0 Å². The maximum atomic E-state index is 11.1. The maximum Gasteiger partial charge on any atom is 0.507 e. The number of esters is 1. The van der Waals surface area contributed by atoms with Crippen molar-refractivity contribution in [1.82, 2.24) is 19.5 Å². The highest BCUT2D eigenvalue weighted by atomic mass is 16.7. The fraction of sp³-hybridized carbons (Fsp3) is 0.500. The van der Waals surface area contributed by atoms with Gasteiger partial charge in [-0.1, -0.05) is 0 Å². The second-order valence-electron chi connectivity index (χ2n) is 5.10. The van der Waals surface area contributed by atoms with Gasteiger partial charge in [-0.25, -0.2) is 14.8 Å². The number of fused-ring (bicyclic) bond motifs is 1. The second-order valence-corrected chi connectivity index (χ2v) is 5.10. The van der Waals surface area contributed by atoms with Crippen LogP contribution in [0.3, 0.4) is 0 Å². The SMILES string of the molecule is COC(=O)OCC(CCn1cnc2cnc(N)nc21)COC(C)=O. The number of methoxy groups -OCH3 is 1. The van der Waals surface area contributed by atoms with E-state index in [-0.39, 0.29) is 25.1 Å². The van der Waals surface area contributed by atoms with Gasteiger partial charge >= 0.3 is 12.1 Å². The number of hydrogen-bond donors (Lipinski definition) is 1. The molecule has 2 aromatic rings. The van der Waals surface area contributed by atoms with Crippen LogP contribution in [0.2, 0.25) is 0 Å². The Labute approximate surface area is 137 Å². The molecule has 10 nitrogen and oxygen atoms in total. The number of nitrogens with two attached hydrogens (primary N) is 1. The molecule has 0 radical (unpaired) electrons. The van der Waals surface area contributed by atoms with E-state index in [0.717, 1.165) is 0 Å². The first kappa shape index (κ1) is 17.4. The lowest BCUT2D eigenvalue weighted by Gasteiger charge is -2.16. The third-order valence-electron chi connectivity index (χ3n) is 3.28. The summed E-state index contributed by atoms with van der Waals surface area (Å²) in [5.74, 6) is -0.425. The van der Waals surface area contributed by atoms with Gasteiger partial charge in [0, 0.05) is 19.4 Å². The molecule has 24 heavy (non-hydrogen) atoms. The fourth-order valence-corrected chi connectivity index (χ4v) is 2.05. The maximum absolute atomic E-state index is 11.1. The average molecular weight is 337 g/mol. The Bertz CT molecular complexity index is 717. The molecule has 10 heteroatoms. The molecule has 2 rings (SSSR count). The number of carbonyl (C=O) groups is 2. The molecule has 1 atom stereocenters. The summed E-state index contributed by atoms with van der Waals surface area (Å²) in [6, 6.07) is 0. The summed E-state index contributed by atoms with van der Waals surface area (Å²) in [6.07, 6.45) is 2.96. The highest BCUT2D eigenvalue weighted by Crippen LogP contribution is 2.14. The molecule has 130 valence electrons. The van der Waals surface area contributed by atoms with Crippen molar-refractivity contribution in [2.75, 3.05) is 26.1 Å². The van der Waals surface area contributed by atoms with E-state index in [4.69, 9.17) is 15.2 Å². The Morgan fingerprint density at radius 1 is 1.29 bits per heavy atom. The summed E-state index contributed by atoms with van der Waals surface area (Å²) in [6.45, 7) is 2.06. The van der Waals surface area contributed by atoms with Crippen molar-refractivity contribution in [3.63, 3.8) is 0 Å². The normalized spacial score (nSPS) is 11.9. The van der Waals surface area contributed by atoms with Crippen LogP contribution in [0.25, 0.3) is 11.2 Å². The Balaban J connectivity index is 2.00. The average Bonchev–Trinajstić information content (AvgIpc) is 2.95. The van der Waals surface area contributed by atoms with Crippen molar-refractivity contribution >= 4 is 29.2 Å². The highest BCUT2D eigenvalue weighted by molar-refractivity contribution is 5.70. The number of imidazole rings is 1. The van der Waals surface area contributed by atoms with Gasteiger partial charge in [0.1, 0.15) is 12.1 Å². The molecule has 0 amide bonds. The minimum absolute atomic E-state index is 0.0731. The van der Waals surface area contributed by atoms with E-state index in [1.165, 1.54) is 14.0 Å². The Morgan fingerprint density at radius 2 is 2.04 bits per heavy atom. The molecule has 0 spiro atoms. The minimum Gasteiger partial charge on any atom is -0.465 e. The monoisotopic (exact) mass is 337 g/mol. The summed E-state index contributed by atoms with van der Waals surface area (Å²) in [7, 11) is 1.23. The molecule has 0 bridgehead atoms. The highest BCUT2D eigenvalue weighted by Gasteiger charge is 2.15. The Kier molecular flexibility index (Phi) is 5.88. The van der Waals surface area contributed by atoms with Crippen molar-refractivity contribution in [3.05, 3.63) is 12.5 Å². The molecule has 0 saturated carbocycles. The van der Waals surface area contributed by atoms with E-state index in [9.17, 15) is 9.59 Å². The molecule has 2 aromatic heterocycles. The van der Waals surface area contributed by atoms with Gasteiger partial charge in [-0.05, 0) is 6.42 Å². The summed E-state index contributed by atoms with van der Waals surface area (Å²) in [4.78, 5) is 34.3. The Hall–Kier alpha value is -2.91. The van der Waals surface area contributed by atoms with Gasteiger partial charge in [0.05, 0.1) is 26.2 Å². The van der Waals surface area contributed by atoms with Crippen molar-refractivity contribution < 1.29 is 23.8 Å². The largest absolute Gasteiger partial charge is 0.507 e. The minimum atomic E-state index is -0.781. The van der Waals surface area contributed by atoms with Gasteiger partial charge in [0.2, 0.25) is 5.95 Å². The van der Waals surface area contributed by atoms with Crippen molar-refractivity contribution in [1.29, 1.82) is 0 Å². The lowest BCUT2D eigenvalue weighted by molar-refractivity contribution is -0.142. The standard InChI is InChI=1S/C14H19N5O5/c1-9(20)23-6-10(7-24-14(21)22-2)3-4-19-8-17-11-5-16-13(15)18-12(11)19/h5,8,10H,3-4,6-7H2,1-2H3,(H2,15,16,18). The van der Waals surface area contributed by atoms with Crippen LogP contribution in [-0.2, 0) is 25.5 Å². The molecule has 0 aliphatic rings. The van der Waals surface area contributed by atoms with E-state index in [0.29, 0.717) is 24.1 Å². The van der Waals surface area contributed by atoms with Gasteiger partial charge < -0.3 is 24.5 Å². The number of nitrogen functional groups attached to an aromatic ring is 1. The van der Waals surface area contributed by atoms with Crippen molar-refractivity contribution in [2.45, 2.75) is 19.9 Å². The number of ether oxygens (including phenoxy) is 3. The molecule has 2 N–H and O–H groups in total. The molecule has 0 fully saturated rings. The molecule has 0 aromatic carbocycles. The van der Waals surface area contributed by atoms with Gasteiger partial charge in [-0.15, -0.1) is 0 Å². The first-order valence-electron chi connectivity index (χ1n) is 7.27. The molecular weight excluding hydrogens is 318 g/mol. The lowest BCUT2D eigenvalue weighted by Crippen LogP contribution is -2.22. The predicted molar refractivity (Wildman–Crippen MR) is 82.8 cm³/mol. The Morgan fingerprint density at radius 3 is 2.75 bits per heavy atom. The van der Waals surface area contributed by atoms with Crippen LogP contribution in [0.4, 0.5) is 10.7 Å². The number of rotatable bonds is 7. The molecule has 2 heterocycles. The molecule has 1 unspecified atom stereocenters. The molecule has 0 aliphatic heterocycles. The number of aromatic nitrogens is 4. The molecule has 0 saturated heterocycles. The fourth-order valence-electron chi connectivity index (χ4n) is 2.05. The van der Waals surface area contributed by atoms with Crippen LogP contribution in [0.5, 0.6) is 0 Å². The molecular formula is C14H19N5O5. The zero-order valence-corrected chi connectivity index (χ0v) is 13.5. The van der Waals surface area contributed by atoms with Gasteiger partial charge in [0.15, 0.2) is 5.65 Å². The van der Waals surface area contributed by atoms with Crippen LogP contribution in [0.15, 0.2) is 12.5 Å². The van der Waals surface area contributed by atoms with Crippen molar-refractivity contribution in [2.24, 2.45) is 5.92 Å². The van der Waals surface area contributed by atoms with E-state index >= 15 is 0 Å². The first-order valence-corrected chi connectivity index (χ1v) is 7.27.